The van der Waals surface area contributed by atoms with Gasteiger partial charge < -0.3 is 15.0 Å². The molecule has 0 aliphatic rings. The second-order valence-corrected chi connectivity index (χ2v) is 4.75. The van der Waals surface area contributed by atoms with Crippen LogP contribution in [0.4, 0.5) is 10.1 Å². The van der Waals surface area contributed by atoms with Gasteiger partial charge in [-0.25, -0.2) is 9.37 Å². The highest BCUT2D eigenvalue weighted by atomic mass is 19.1. The maximum Gasteiger partial charge on any atom is 0.153 e. The van der Waals surface area contributed by atoms with Crippen LogP contribution < -0.4 is 10.5 Å². The van der Waals surface area contributed by atoms with Gasteiger partial charge >= 0.3 is 0 Å². The van der Waals surface area contributed by atoms with Gasteiger partial charge in [0.15, 0.2) is 5.75 Å². The van der Waals surface area contributed by atoms with Crippen molar-refractivity contribution in [1.82, 2.24) is 9.55 Å². The predicted octanol–water partition coefficient (Wildman–Crippen LogP) is 3.40. The van der Waals surface area contributed by atoms with E-state index in [9.17, 15) is 4.39 Å². The van der Waals surface area contributed by atoms with Crippen LogP contribution in [0, 0.1) is 12.7 Å². The predicted molar refractivity (Wildman–Crippen MR) is 76.3 cm³/mol. The Morgan fingerprint density at radius 2 is 2.05 bits per heavy atom. The topological polar surface area (TPSA) is 53.1 Å². The van der Waals surface area contributed by atoms with Gasteiger partial charge in [0, 0.05) is 19.2 Å². The summed E-state index contributed by atoms with van der Waals surface area (Å²) >= 11 is 0. The number of benzene rings is 2. The highest BCUT2D eigenvalue weighted by Crippen LogP contribution is 2.31. The Hall–Kier alpha value is -2.56. The summed E-state index contributed by atoms with van der Waals surface area (Å²) in [5.74, 6) is 0.544. The number of fused-ring (bicyclic) bond motifs is 1. The van der Waals surface area contributed by atoms with Crippen molar-refractivity contribution in [3.8, 4) is 11.5 Å². The van der Waals surface area contributed by atoms with Crippen LogP contribution in [-0.2, 0) is 7.05 Å². The lowest BCUT2D eigenvalue weighted by Crippen LogP contribution is -1.95. The zero-order chi connectivity index (χ0) is 14.3. The van der Waals surface area contributed by atoms with Crippen LogP contribution in [0.25, 0.3) is 11.0 Å². The first kappa shape index (κ1) is 12.5. The van der Waals surface area contributed by atoms with Crippen molar-refractivity contribution in [3.05, 3.63) is 48.0 Å². The van der Waals surface area contributed by atoms with E-state index in [1.165, 1.54) is 6.07 Å². The molecule has 0 aliphatic heterocycles. The molecule has 0 saturated heterocycles. The molecule has 0 spiro atoms. The normalized spacial score (nSPS) is 10.9. The standard InChI is InChI=1S/C15H14FN3O/c1-9-5-12(17)15(7-11(9)16)20-10-3-4-14-13(6-10)18-8-19(14)2/h3-8H,17H2,1-2H3. The largest absolute Gasteiger partial charge is 0.455 e. The van der Waals surface area contributed by atoms with Gasteiger partial charge in [0.05, 0.1) is 23.0 Å². The number of anilines is 1. The molecule has 5 heteroatoms. The summed E-state index contributed by atoms with van der Waals surface area (Å²) in [5, 5.41) is 0. The number of ether oxygens (including phenoxy) is 1. The van der Waals surface area contributed by atoms with Crippen molar-refractivity contribution in [3.63, 3.8) is 0 Å². The quantitative estimate of drug-likeness (QED) is 0.727. The molecule has 102 valence electrons. The number of aromatic nitrogens is 2. The first-order chi connectivity index (χ1) is 9.54. The summed E-state index contributed by atoms with van der Waals surface area (Å²) in [6, 6.07) is 8.36. The molecule has 0 fully saturated rings. The fraction of sp³-hybridized carbons (Fsp3) is 0.133. The van der Waals surface area contributed by atoms with Gasteiger partial charge in [-0.1, -0.05) is 0 Å². The number of hydrogen-bond acceptors (Lipinski definition) is 3. The van der Waals surface area contributed by atoms with Gasteiger partial charge in [0.1, 0.15) is 11.6 Å². The number of nitrogens with two attached hydrogens (primary N) is 1. The summed E-state index contributed by atoms with van der Waals surface area (Å²) in [4.78, 5) is 4.25. The molecule has 3 rings (SSSR count). The third kappa shape index (κ3) is 2.07. The summed E-state index contributed by atoms with van der Waals surface area (Å²) in [7, 11) is 1.92. The fourth-order valence-corrected chi connectivity index (χ4v) is 2.08. The number of imidazole rings is 1. The molecule has 0 amide bonds. The van der Waals surface area contributed by atoms with Crippen LogP contribution in [0.15, 0.2) is 36.7 Å². The van der Waals surface area contributed by atoms with Crippen molar-refractivity contribution >= 4 is 16.7 Å². The summed E-state index contributed by atoms with van der Waals surface area (Å²) in [5.41, 5.74) is 8.56. The number of aryl methyl sites for hydroxylation is 2. The first-order valence-electron chi connectivity index (χ1n) is 6.19. The minimum atomic E-state index is -0.340. The Bertz CT molecular complexity index is 795. The second-order valence-electron chi connectivity index (χ2n) is 4.75. The Kier molecular flexibility index (Phi) is 2.82. The summed E-state index contributed by atoms with van der Waals surface area (Å²) < 4.78 is 21.1. The van der Waals surface area contributed by atoms with Crippen molar-refractivity contribution < 1.29 is 9.13 Å². The lowest BCUT2D eigenvalue weighted by Gasteiger charge is -2.10. The molecule has 0 unspecified atom stereocenters. The smallest absolute Gasteiger partial charge is 0.153 e. The molecule has 0 saturated carbocycles. The van der Waals surface area contributed by atoms with Crippen LogP contribution in [0.3, 0.4) is 0 Å². The maximum atomic E-state index is 13.6. The van der Waals surface area contributed by atoms with Crippen LogP contribution in [0.5, 0.6) is 11.5 Å². The number of rotatable bonds is 2. The zero-order valence-corrected chi connectivity index (χ0v) is 11.2. The summed E-state index contributed by atoms with van der Waals surface area (Å²) in [6.45, 7) is 1.66. The van der Waals surface area contributed by atoms with Gasteiger partial charge in [0.25, 0.3) is 0 Å². The van der Waals surface area contributed by atoms with E-state index in [1.807, 2.05) is 17.7 Å². The average Bonchev–Trinajstić information content (AvgIpc) is 2.77. The molecule has 20 heavy (non-hydrogen) atoms. The Labute approximate surface area is 115 Å². The monoisotopic (exact) mass is 271 g/mol. The van der Waals surface area contributed by atoms with Crippen LogP contribution in [-0.4, -0.2) is 9.55 Å². The first-order valence-corrected chi connectivity index (χ1v) is 6.19. The third-order valence-corrected chi connectivity index (χ3v) is 3.22. The number of hydrogen-bond donors (Lipinski definition) is 1. The van der Waals surface area contributed by atoms with E-state index in [4.69, 9.17) is 10.5 Å². The maximum absolute atomic E-state index is 13.6. The van der Waals surface area contributed by atoms with Crippen LogP contribution in [0.1, 0.15) is 5.56 Å². The molecular formula is C15H14FN3O. The molecule has 3 aromatic rings. The van der Waals surface area contributed by atoms with Crippen molar-refractivity contribution in [2.45, 2.75) is 6.92 Å². The van der Waals surface area contributed by atoms with Gasteiger partial charge in [-0.05, 0) is 30.7 Å². The Morgan fingerprint density at radius 1 is 1.25 bits per heavy atom. The second kappa shape index (κ2) is 4.52. The molecule has 0 radical (unpaired) electrons. The van der Waals surface area contributed by atoms with E-state index in [1.54, 1.807) is 31.5 Å². The van der Waals surface area contributed by atoms with E-state index < -0.39 is 0 Å². The lowest BCUT2D eigenvalue weighted by atomic mass is 10.2. The molecule has 1 heterocycles. The Balaban J connectivity index is 1.98. The SMILES string of the molecule is Cc1cc(N)c(Oc2ccc3c(c2)ncn3C)cc1F. The lowest BCUT2D eigenvalue weighted by molar-refractivity contribution is 0.479. The third-order valence-electron chi connectivity index (χ3n) is 3.22. The minimum absolute atomic E-state index is 0.309. The number of nitrogens with zero attached hydrogens (tertiary/aromatic N) is 2. The van der Waals surface area contributed by atoms with Gasteiger partial charge in [-0.3, -0.25) is 0 Å². The van der Waals surface area contributed by atoms with Gasteiger partial charge in [-0.15, -0.1) is 0 Å². The van der Waals surface area contributed by atoms with Crippen LogP contribution in [0.2, 0.25) is 0 Å². The van der Waals surface area contributed by atoms with E-state index in [2.05, 4.69) is 4.98 Å². The van der Waals surface area contributed by atoms with Gasteiger partial charge in [-0.2, -0.15) is 0 Å². The molecule has 1 aromatic heterocycles. The molecule has 0 bridgehead atoms. The number of nitrogen functional groups attached to an aromatic ring is 1. The van der Waals surface area contributed by atoms with Crippen molar-refractivity contribution in [2.75, 3.05) is 5.73 Å². The molecule has 2 N–H and O–H groups in total. The van der Waals surface area contributed by atoms with Crippen LogP contribution >= 0.6 is 0 Å². The van der Waals surface area contributed by atoms with Crippen molar-refractivity contribution in [1.29, 1.82) is 0 Å². The summed E-state index contributed by atoms with van der Waals surface area (Å²) in [6.07, 6.45) is 1.73. The molecular weight excluding hydrogens is 257 g/mol. The van der Waals surface area contributed by atoms with E-state index in [0.29, 0.717) is 22.7 Å². The average molecular weight is 271 g/mol. The minimum Gasteiger partial charge on any atom is -0.455 e. The molecule has 0 atom stereocenters. The Morgan fingerprint density at radius 3 is 2.85 bits per heavy atom. The highest BCUT2D eigenvalue weighted by Gasteiger charge is 2.08. The van der Waals surface area contributed by atoms with Crippen molar-refractivity contribution in [2.24, 2.45) is 7.05 Å². The fourth-order valence-electron chi connectivity index (χ4n) is 2.08. The molecule has 2 aromatic carbocycles. The zero-order valence-electron chi connectivity index (χ0n) is 11.2. The van der Waals surface area contributed by atoms with E-state index >= 15 is 0 Å². The van der Waals surface area contributed by atoms with Gasteiger partial charge in [0.2, 0.25) is 0 Å². The van der Waals surface area contributed by atoms with E-state index in [-0.39, 0.29) is 5.82 Å². The number of halogens is 1. The molecule has 4 nitrogen and oxygen atoms in total. The van der Waals surface area contributed by atoms with E-state index in [0.717, 1.165) is 11.0 Å². The highest BCUT2D eigenvalue weighted by molar-refractivity contribution is 5.77. The molecule has 0 aliphatic carbocycles.